The number of rotatable bonds is 6. The zero-order chi connectivity index (χ0) is 19.5. The summed E-state index contributed by atoms with van der Waals surface area (Å²) in [5, 5.41) is 10.4. The highest BCUT2D eigenvalue weighted by Gasteiger charge is 2.21. The molecule has 1 saturated heterocycles. The Kier molecular flexibility index (Phi) is 5.50. The molecular weight excluding hydrogens is 354 g/mol. The molecule has 0 unspecified atom stereocenters. The fourth-order valence-electron chi connectivity index (χ4n) is 3.54. The Morgan fingerprint density at radius 3 is 2.57 bits per heavy atom. The molecule has 3 aromatic rings. The number of ether oxygens (including phenoxy) is 1. The lowest BCUT2D eigenvalue weighted by Gasteiger charge is -2.34. The highest BCUT2D eigenvalue weighted by Crippen LogP contribution is 2.32. The Morgan fingerprint density at radius 2 is 1.89 bits per heavy atom. The average molecular weight is 381 g/mol. The number of aromatic nitrogens is 1. The molecule has 28 heavy (non-hydrogen) atoms. The van der Waals surface area contributed by atoms with Crippen LogP contribution in [0.5, 0.6) is 5.75 Å². The lowest BCUT2D eigenvalue weighted by atomic mass is 10.1. The molecule has 0 aliphatic carbocycles. The van der Waals surface area contributed by atoms with Gasteiger partial charge in [0.1, 0.15) is 12.4 Å². The molecule has 1 aliphatic rings. The van der Waals surface area contributed by atoms with Crippen LogP contribution in [-0.4, -0.2) is 60.4 Å². The summed E-state index contributed by atoms with van der Waals surface area (Å²) in [7, 11) is 0. The van der Waals surface area contributed by atoms with Crippen LogP contribution in [0.4, 0.5) is 5.82 Å². The maximum Gasteiger partial charge on any atom is 0.176 e. The van der Waals surface area contributed by atoms with E-state index in [0.717, 1.165) is 66.5 Å². The van der Waals surface area contributed by atoms with Gasteiger partial charge >= 0.3 is 0 Å². The quantitative estimate of drug-likeness (QED) is 0.706. The molecule has 0 bridgehead atoms. The number of hydrogen-bond donors (Lipinski definition) is 1. The normalized spacial score (nSPS) is 16.5. The van der Waals surface area contributed by atoms with Crippen LogP contribution in [0, 0.1) is 0 Å². The van der Waals surface area contributed by atoms with E-state index in [2.05, 4.69) is 22.8 Å². The number of piperazine rings is 1. The average Bonchev–Trinajstić information content (AvgIpc) is 3.21. The summed E-state index contributed by atoms with van der Waals surface area (Å²) in [6.07, 6.45) is 1.25. The third-order valence-electron chi connectivity index (χ3n) is 5.18. The van der Waals surface area contributed by atoms with Crippen molar-refractivity contribution in [2.24, 2.45) is 0 Å². The molecule has 0 amide bonds. The van der Waals surface area contributed by atoms with Gasteiger partial charge < -0.3 is 24.1 Å². The summed E-state index contributed by atoms with van der Waals surface area (Å²) in [5.41, 5.74) is 2.80. The lowest BCUT2D eigenvalue weighted by Crippen LogP contribution is -2.46. The molecule has 3 heterocycles. The molecule has 0 spiro atoms. The van der Waals surface area contributed by atoms with Crippen LogP contribution in [0.15, 0.2) is 47.1 Å². The Bertz CT molecular complexity index is 912. The molecule has 1 fully saturated rings. The molecule has 1 atom stereocenters. The number of anilines is 1. The van der Waals surface area contributed by atoms with Gasteiger partial charge in [-0.05, 0) is 49.9 Å². The number of hydrogen-bond acceptors (Lipinski definition) is 6. The van der Waals surface area contributed by atoms with Crippen molar-refractivity contribution in [3.8, 4) is 17.0 Å². The van der Waals surface area contributed by atoms with Crippen molar-refractivity contribution in [2.45, 2.75) is 20.0 Å². The molecule has 6 nitrogen and oxygen atoms in total. The number of nitrogens with zero attached hydrogens (tertiary/aromatic N) is 3. The summed E-state index contributed by atoms with van der Waals surface area (Å²) in [6, 6.07) is 11.9. The van der Waals surface area contributed by atoms with Gasteiger partial charge in [0.25, 0.3) is 0 Å². The van der Waals surface area contributed by atoms with Crippen LogP contribution in [0.1, 0.15) is 13.8 Å². The fraction of sp³-hybridized carbons (Fsp3) is 0.409. The second-order valence-electron chi connectivity index (χ2n) is 7.28. The summed E-state index contributed by atoms with van der Waals surface area (Å²) in [6.45, 7) is 9.26. The minimum Gasteiger partial charge on any atom is -0.491 e. The summed E-state index contributed by atoms with van der Waals surface area (Å²) in [5.74, 6) is 1.66. The standard InChI is InChI=1S/C22H27N3O3/c1-3-24-9-11-25(12-10-24)22-21-18(8-13-27-21)14-20(23-22)17-4-6-19(7-5-17)28-15-16(2)26/h4-8,13-14,16,26H,3,9-12,15H2,1-2H3/t16-/m0/s1. The number of benzene rings is 1. The first-order valence-corrected chi connectivity index (χ1v) is 9.91. The van der Waals surface area contributed by atoms with Crippen molar-refractivity contribution in [2.75, 3.05) is 44.2 Å². The summed E-state index contributed by atoms with van der Waals surface area (Å²) >= 11 is 0. The molecule has 0 radical (unpaired) electrons. The van der Waals surface area contributed by atoms with Crippen molar-refractivity contribution in [3.05, 3.63) is 42.7 Å². The summed E-state index contributed by atoms with van der Waals surface area (Å²) in [4.78, 5) is 9.73. The van der Waals surface area contributed by atoms with Crippen molar-refractivity contribution in [1.29, 1.82) is 0 Å². The lowest BCUT2D eigenvalue weighted by molar-refractivity contribution is 0.123. The van der Waals surface area contributed by atoms with E-state index in [1.54, 1.807) is 13.2 Å². The molecule has 2 aromatic heterocycles. The Morgan fingerprint density at radius 1 is 1.14 bits per heavy atom. The van der Waals surface area contributed by atoms with E-state index >= 15 is 0 Å². The van der Waals surface area contributed by atoms with Crippen molar-refractivity contribution in [3.63, 3.8) is 0 Å². The smallest absolute Gasteiger partial charge is 0.176 e. The number of furan rings is 1. The number of aliphatic hydroxyl groups is 1. The molecule has 148 valence electrons. The summed E-state index contributed by atoms with van der Waals surface area (Å²) < 4.78 is 11.3. The monoisotopic (exact) mass is 381 g/mol. The zero-order valence-corrected chi connectivity index (χ0v) is 16.5. The van der Waals surface area contributed by atoms with E-state index in [1.807, 2.05) is 30.3 Å². The number of aliphatic hydroxyl groups excluding tert-OH is 1. The second-order valence-corrected chi connectivity index (χ2v) is 7.28. The van der Waals surface area contributed by atoms with Crippen LogP contribution in [0.2, 0.25) is 0 Å². The van der Waals surface area contributed by atoms with Gasteiger partial charge in [0.2, 0.25) is 0 Å². The van der Waals surface area contributed by atoms with Crippen molar-refractivity contribution < 1.29 is 14.3 Å². The van der Waals surface area contributed by atoms with E-state index in [-0.39, 0.29) is 6.61 Å². The van der Waals surface area contributed by atoms with E-state index in [0.29, 0.717) is 0 Å². The number of fused-ring (bicyclic) bond motifs is 1. The molecule has 6 heteroatoms. The maximum absolute atomic E-state index is 9.36. The van der Waals surface area contributed by atoms with Gasteiger partial charge in [0.05, 0.1) is 18.1 Å². The molecule has 0 saturated carbocycles. The Balaban J connectivity index is 1.61. The van der Waals surface area contributed by atoms with E-state index in [9.17, 15) is 5.11 Å². The first kappa shape index (κ1) is 18.8. The molecule has 4 rings (SSSR count). The van der Waals surface area contributed by atoms with Gasteiger partial charge in [-0.25, -0.2) is 4.98 Å². The van der Waals surface area contributed by atoms with Gasteiger partial charge in [0, 0.05) is 37.1 Å². The van der Waals surface area contributed by atoms with Gasteiger partial charge in [-0.3, -0.25) is 0 Å². The van der Waals surface area contributed by atoms with Crippen molar-refractivity contribution in [1.82, 2.24) is 9.88 Å². The topological polar surface area (TPSA) is 62.0 Å². The highest BCUT2D eigenvalue weighted by atomic mass is 16.5. The minimum absolute atomic E-state index is 0.284. The van der Waals surface area contributed by atoms with Gasteiger partial charge in [-0.1, -0.05) is 6.92 Å². The van der Waals surface area contributed by atoms with Crippen LogP contribution >= 0.6 is 0 Å². The maximum atomic E-state index is 9.36. The predicted molar refractivity (Wildman–Crippen MR) is 111 cm³/mol. The molecule has 1 aliphatic heterocycles. The number of pyridine rings is 1. The SMILES string of the molecule is CCN1CCN(c2nc(-c3ccc(OC[C@H](C)O)cc3)cc3ccoc23)CC1. The third-order valence-corrected chi connectivity index (χ3v) is 5.18. The zero-order valence-electron chi connectivity index (χ0n) is 16.5. The third kappa shape index (κ3) is 3.98. The van der Waals surface area contributed by atoms with Crippen LogP contribution in [0.25, 0.3) is 22.2 Å². The van der Waals surface area contributed by atoms with E-state index < -0.39 is 6.10 Å². The minimum atomic E-state index is -0.486. The van der Waals surface area contributed by atoms with Crippen LogP contribution in [-0.2, 0) is 0 Å². The van der Waals surface area contributed by atoms with E-state index in [1.165, 1.54) is 0 Å². The first-order valence-electron chi connectivity index (χ1n) is 9.91. The van der Waals surface area contributed by atoms with Gasteiger partial charge in [-0.2, -0.15) is 0 Å². The molecule has 1 aromatic carbocycles. The predicted octanol–water partition coefficient (Wildman–Crippen LogP) is 3.40. The van der Waals surface area contributed by atoms with Crippen molar-refractivity contribution >= 4 is 16.8 Å². The first-order chi connectivity index (χ1) is 13.6. The van der Waals surface area contributed by atoms with Crippen LogP contribution < -0.4 is 9.64 Å². The Hall–Kier alpha value is -2.57. The molecular formula is C22H27N3O3. The Labute approximate surface area is 165 Å². The number of likely N-dealkylation sites (N-methyl/N-ethyl adjacent to an activating group) is 1. The van der Waals surface area contributed by atoms with Crippen LogP contribution in [0.3, 0.4) is 0 Å². The highest BCUT2D eigenvalue weighted by molar-refractivity contribution is 5.90. The second kappa shape index (κ2) is 8.20. The van der Waals surface area contributed by atoms with Gasteiger partial charge in [0.15, 0.2) is 11.4 Å². The van der Waals surface area contributed by atoms with Gasteiger partial charge in [-0.15, -0.1) is 0 Å². The fourth-order valence-corrected chi connectivity index (χ4v) is 3.54. The largest absolute Gasteiger partial charge is 0.491 e. The van der Waals surface area contributed by atoms with E-state index in [4.69, 9.17) is 14.1 Å². The molecule has 1 N–H and O–H groups in total.